The zero-order chi connectivity index (χ0) is 11.0. The van der Waals surface area contributed by atoms with Crippen molar-refractivity contribution in [1.82, 2.24) is 5.32 Å². The van der Waals surface area contributed by atoms with Crippen molar-refractivity contribution in [1.29, 1.82) is 0 Å². The summed E-state index contributed by atoms with van der Waals surface area (Å²) in [5.41, 5.74) is -2.46. The minimum atomic E-state index is -1.80. The van der Waals surface area contributed by atoms with Crippen molar-refractivity contribution >= 4 is 5.97 Å². The summed E-state index contributed by atoms with van der Waals surface area (Å²) >= 11 is 0. The Morgan fingerprint density at radius 3 is 2.50 bits per heavy atom. The molecule has 1 heterocycles. The van der Waals surface area contributed by atoms with Crippen molar-refractivity contribution in [3.63, 3.8) is 0 Å². The van der Waals surface area contributed by atoms with Crippen LogP contribution >= 0.6 is 0 Å². The highest BCUT2D eigenvalue weighted by Gasteiger charge is 2.49. The van der Waals surface area contributed by atoms with Crippen LogP contribution in [-0.4, -0.2) is 46.6 Å². The quantitative estimate of drug-likeness (QED) is 0.478. The van der Waals surface area contributed by atoms with Gasteiger partial charge in [-0.15, -0.1) is 0 Å². The molecule has 0 aromatic heterocycles. The largest absolute Gasteiger partial charge is 0.458 e. The number of ether oxygens (including phenoxy) is 1. The molecule has 1 fully saturated rings. The Bertz CT molecular complexity index is 235. The highest BCUT2D eigenvalue weighted by atomic mass is 16.6. The van der Waals surface area contributed by atoms with Gasteiger partial charge >= 0.3 is 5.97 Å². The molecule has 0 bridgehead atoms. The van der Waals surface area contributed by atoms with Crippen molar-refractivity contribution in [3.8, 4) is 0 Å². The fourth-order valence-corrected chi connectivity index (χ4v) is 1.26. The van der Waals surface area contributed by atoms with Crippen LogP contribution in [0.3, 0.4) is 0 Å². The molecule has 1 saturated heterocycles. The van der Waals surface area contributed by atoms with E-state index in [1.165, 1.54) is 0 Å². The number of rotatable bonds is 1. The van der Waals surface area contributed by atoms with Crippen LogP contribution in [0.5, 0.6) is 0 Å². The lowest BCUT2D eigenvalue weighted by Gasteiger charge is -2.28. The van der Waals surface area contributed by atoms with Crippen LogP contribution < -0.4 is 5.32 Å². The minimum Gasteiger partial charge on any atom is -0.458 e. The van der Waals surface area contributed by atoms with E-state index in [2.05, 4.69) is 5.32 Å². The highest BCUT2D eigenvalue weighted by molar-refractivity contribution is 5.81. The molecule has 5 heteroatoms. The van der Waals surface area contributed by atoms with Gasteiger partial charge in [0.2, 0.25) is 5.60 Å². The molecular formula is C9H17NO4. The van der Waals surface area contributed by atoms with Gasteiger partial charge in [-0.3, -0.25) is 0 Å². The standard InChI is InChI=1S/C9H17NO4/c1-8(2,3)14-7(12)9(13)5-10-4-6(9)11/h6,10-11,13H,4-5H2,1-3H3/t6-,9+/m0/s1. The SMILES string of the molecule is CC(C)(C)OC(=O)[C@@]1(O)CNC[C@@H]1O. The number of carbonyl (C=O) groups excluding carboxylic acids is 1. The van der Waals surface area contributed by atoms with Gasteiger partial charge in [-0.2, -0.15) is 0 Å². The number of nitrogens with one attached hydrogen (secondary N) is 1. The molecule has 0 spiro atoms. The number of aliphatic hydroxyl groups is 2. The molecule has 0 radical (unpaired) electrons. The monoisotopic (exact) mass is 203 g/mol. The Labute approximate surface area is 83.1 Å². The summed E-state index contributed by atoms with van der Waals surface area (Å²) in [7, 11) is 0. The van der Waals surface area contributed by atoms with Crippen LogP contribution in [0.4, 0.5) is 0 Å². The zero-order valence-corrected chi connectivity index (χ0v) is 8.70. The van der Waals surface area contributed by atoms with Gasteiger partial charge in [0.1, 0.15) is 11.7 Å². The Hall–Kier alpha value is -0.650. The van der Waals surface area contributed by atoms with E-state index in [9.17, 15) is 15.0 Å². The van der Waals surface area contributed by atoms with E-state index in [0.717, 1.165) is 0 Å². The molecule has 0 unspecified atom stereocenters. The van der Waals surface area contributed by atoms with Crippen molar-refractivity contribution in [2.45, 2.75) is 38.1 Å². The molecule has 14 heavy (non-hydrogen) atoms. The Kier molecular flexibility index (Phi) is 2.85. The molecule has 1 aliphatic heterocycles. The Morgan fingerprint density at radius 2 is 2.14 bits per heavy atom. The van der Waals surface area contributed by atoms with E-state index in [0.29, 0.717) is 0 Å². The molecule has 82 valence electrons. The molecule has 3 N–H and O–H groups in total. The highest BCUT2D eigenvalue weighted by Crippen LogP contribution is 2.20. The summed E-state index contributed by atoms with van der Waals surface area (Å²) in [5.74, 6) is -0.775. The topological polar surface area (TPSA) is 78.8 Å². The number of aliphatic hydroxyl groups excluding tert-OH is 1. The predicted octanol–water partition coefficient (Wildman–Crippen LogP) is -0.977. The van der Waals surface area contributed by atoms with Gasteiger partial charge in [0.25, 0.3) is 0 Å². The molecule has 0 aromatic rings. The number of carbonyl (C=O) groups is 1. The molecule has 0 aliphatic carbocycles. The van der Waals surface area contributed by atoms with E-state index in [1.807, 2.05) is 0 Å². The predicted molar refractivity (Wildman–Crippen MR) is 49.7 cm³/mol. The Morgan fingerprint density at radius 1 is 1.57 bits per heavy atom. The van der Waals surface area contributed by atoms with Gasteiger partial charge in [-0.25, -0.2) is 4.79 Å². The second-order valence-electron chi connectivity index (χ2n) is 4.57. The third-order valence-corrected chi connectivity index (χ3v) is 2.04. The fraction of sp³-hybridized carbons (Fsp3) is 0.889. The molecule has 1 aliphatic rings. The lowest BCUT2D eigenvalue weighted by Crippen LogP contribution is -2.52. The summed E-state index contributed by atoms with van der Waals surface area (Å²) in [6.45, 7) is 5.37. The van der Waals surface area contributed by atoms with Gasteiger partial charge in [0.15, 0.2) is 0 Å². The minimum absolute atomic E-state index is 0.0308. The normalized spacial score (nSPS) is 33.1. The summed E-state index contributed by atoms with van der Waals surface area (Å²) in [6.07, 6.45) is -1.10. The van der Waals surface area contributed by atoms with E-state index in [1.54, 1.807) is 20.8 Å². The van der Waals surface area contributed by atoms with Crippen molar-refractivity contribution in [3.05, 3.63) is 0 Å². The van der Waals surface area contributed by atoms with Crippen molar-refractivity contribution in [2.24, 2.45) is 0 Å². The molecule has 0 saturated carbocycles. The van der Waals surface area contributed by atoms with Crippen LogP contribution in [-0.2, 0) is 9.53 Å². The first-order chi connectivity index (χ1) is 6.26. The molecule has 1 rings (SSSR count). The third kappa shape index (κ3) is 2.23. The second kappa shape index (κ2) is 3.49. The number of hydrogen-bond donors (Lipinski definition) is 3. The van der Waals surface area contributed by atoms with Gasteiger partial charge in [0.05, 0.1) is 0 Å². The van der Waals surface area contributed by atoms with Crippen molar-refractivity contribution < 1.29 is 19.7 Å². The van der Waals surface area contributed by atoms with Crippen LogP contribution in [0.15, 0.2) is 0 Å². The van der Waals surface area contributed by atoms with Gasteiger partial charge < -0.3 is 20.3 Å². The van der Waals surface area contributed by atoms with Crippen molar-refractivity contribution in [2.75, 3.05) is 13.1 Å². The van der Waals surface area contributed by atoms with Crippen LogP contribution in [0.2, 0.25) is 0 Å². The lowest BCUT2D eigenvalue weighted by molar-refractivity contribution is -0.183. The summed E-state index contributed by atoms with van der Waals surface area (Å²) in [5, 5.41) is 21.9. The molecular weight excluding hydrogens is 186 g/mol. The van der Waals surface area contributed by atoms with Crippen LogP contribution in [0.25, 0.3) is 0 Å². The summed E-state index contributed by atoms with van der Waals surface area (Å²) in [4.78, 5) is 11.5. The summed E-state index contributed by atoms with van der Waals surface area (Å²) in [6, 6.07) is 0. The molecule has 5 nitrogen and oxygen atoms in total. The third-order valence-electron chi connectivity index (χ3n) is 2.04. The number of β-amino-alcohol motifs (C(OH)–C–C–N with tert-alkyl or cyclic N) is 2. The average Bonchev–Trinajstić information content (AvgIpc) is 2.30. The van der Waals surface area contributed by atoms with E-state index in [-0.39, 0.29) is 13.1 Å². The first kappa shape index (κ1) is 11.4. The maximum absolute atomic E-state index is 11.5. The first-order valence-electron chi connectivity index (χ1n) is 4.60. The fourth-order valence-electron chi connectivity index (χ4n) is 1.26. The number of hydrogen-bond acceptors (Lipinski definition) is 5. The van der Waals surface area contributed by atoms with E-state index < -0.39 is 23.3 Å². The first-order valence-corrected chi connectivity index (χ1v) is 4.60. The lowest BCUT2D eigenvalue weighted by atomic mass is 10.0. The van der Waals surface area contributed by atoms with Gasteiger partial charge in [0, 0.05) is 13.1 Å². The van der Waals surface area contributed by atoms with E-state index >= 15 is 0 Å². The molecule has 2 atom stereocenters. The number of esters is 1. The van der Waals surface area contributed by atoms with Gasteiger partial charge in [-0.1, -0.05) is 0 Å². The maximum Gasteiger partial charge on any atom is 0.342 e. The maximum atomic E-state index is 11.5. The Balaban J connectivity index is 2.68. The van der Waals surface area contributed by atoms with E-state index in [4.69, 9.17) is 4.74 Å². The van der Waals surface area contributed by atoms with Gasteiger partial charge in [-0.05, 0) is 20.8 Å². The molecule has 0 aromatic carbocycles. The second-order valence-corrected chi connectivity index (χ2v) is 4.57. The average molecular weight is 203 g/mol. The zero-order valence-electron chi connectivity index (χ0n) is 8.70. The van der Waals surface area contributed by atoms with Crippen LogP contribution in [0, 0.1) is 0 Å². The molecule has 0 amide bonds. The smallest absolute Gasteiger partial charge is 0.342 e. The van der Waals surface area contributed by atoms with Crippen LogP contribution in [0.1, 0.15) is 20.8 Å². The summed E-state index contributed by atoms with van der Waals surface area (Å²) < 4.78 is 5.01.